The number of carbonyl (C=O) groups excluding carboxylic acids is 2. The van der Waals surface area contributed by atoms with Gasteiger partial charge < -0.3 is 19.8 Å². The number of hydrogen-bond donors (Lipinski definition) is 2. The van der Waals surface area contributed by atoms with Crippen LogP contribution < -0.4 is 15.4 Å². The van der Waals surface area contributed by atoms with E-state index in [9.17, 15) is 9.59 Å². The van der Waals surface area contributed by atoms with Gasteiger partial charge in [-0.25, -0.2) is 0 Å². The fourth-order valence-corrected chi connectivity index (χ4v) is 2.74. The summed E-state index contributed by atoms with van der Waals surface area (Å²) in [7, 11) is 0. The highest BCUT2D eigenvalue weighted by atomic mass is 16.5. The third kappa shape index (κ3) is 4.71. The Bertz CT molecular complexity index is 948. The Morgan fingerprint density at radius 1 is 0.964 bits per heavy atom. The Labute approximate surface area is 163 Å². The highest BCUT2D eigenvalue weighted by molar-refractivity contribution is 5.99. The first kappa shape index (κ1) is 19.5. The largest absolute Gasteiger partial charge is 0.489 e. The van der Waals surface area contributed by atoms with Crippen molar-refractivity contribution >= 4 is 22.8 Å². The SMILES string of the molecule is CC(C)C(=O)NCCNC(=O)c1oc2ccccc2c1COc1ccccc1. The van der Waals surface area contributed by atoms with Crippen molar-refractivity contribution in [3.8, 4) is 5.75 Å². The number of hydrogen-bond acceptors (Lipinski definition) is 4. The molecule has 0 saturated carbocycles. The molecule has 6 nitrogen and oxygen atoms in total. The molecule has 1 aromatic heterocycles. The summed E-state index contributed by atoms with van der Waals surface area (Å²) in [6.45, 7) is 4.53. The molecule has 0 aliphatic carbocycles. The van der Waals surface area contributed by atoms with Gasteiger partial charge >= 0.3 is 0 Å². The molecule has 0 atom stereocenters. The van der Waals surface area contributed by atoms with Crippen molar-refractivity contribution in [3.63, 3.8) is 0 Å². The van der Waals surface area contributed by atoms with Gasteiger partial charge in [0.2, 0.25) is 5.91 Å². The summed E-state index contributed by atoms with van der Waals surface area (Å²) < 4.78 is 11.6. The van der Waals surface area contributed by atoms with Crippen LogP contribution in [0.25, 0.3) is 11.0 Å². The van der Waals surface area contributed by atoms with E-state index in [-0.39, 0.29) is 30.1 Å². The van der Waals surface area contributed by atoms with Crippen molar-refractivity contribution in [2.75, 3.05) is 13.1 Å². The van der Waals surface area contributed by atoms with Gasteiger partial charge in [-0.05, 0) is 18.2 Å². The van der Waals surface area contributed by atoms with Gasteiger partial charge in [0.15, 0.2) is 5.76 Å². The lowest BCUT2D eigenvalue weighted by Crippen LogP contribution is -2.36. The molecule has 0 saturated heterocycles. The zero-order valence-electron chi connectivity index (χ0n) is 16.0. The average molecular weight is 380 g/mol. The molecular weight excluding hydrogens is 356 g/mol. The van der Waals surface area contributed by atoms with E-state index in [2.05, 4.69) is 10.6 Å². The van der Waals surface area contributed by atoms with E-state index in [1.807, 2.05) is 68.4 Å². The maximum absolute atomic E-state index is 12.7. The summed E-state index contributed by atoms with van der Waals surface area (Å²) in [5, 5.41) is 6.40. The second-order valence-corrected chi connectivity index (χ2v) is 6.71. The highest BCUT2D eigenvalue weighted by Crippen LogP contribution is 2.27. The second kappa shape index (κ2) is 9.08. The fraction of sp³-hybridized carbons (Fsp3) is 0.273. The lowest BCUT2D eigenvalue weighted by Gasteiger charge is -2.09. The Kier molecular flexibility index (Phi) is 6.32. The van der Waals surface area contributed by atoms with Crippen molar-refractivity contribution in [2.45, 2.75) is 20.5 Å². The summed E-state index contributed by atoms with van der Waals surface area (Å²) in [4.78, 5) is 24.2. The summed E-state index contributed by atoms with van der Waals surface area (Å²) >= 11 is 0. The van der Waals surface area contributed by atoms with Gasteiger partial charge in [0.25, 0.3) is 5.91 Å². The summed E-state index contributed by atoms with van der Waals surface area (Å²) in [5.41, 5.74) is 1.33. The minimum atomic E-state index is -0.332. The van der Waals surface area contributed by atoms with Crippen molar-refractivity contribution < 1.29 is 18.7 Å². The van der Waals surface area contributed by atoms with Gasteiger partial charge in [-0.3, -0.25) is 9.59 Å². The molecule has 0 aliphatic rings. The van der Waals surface area contributed by atoms with Crippen LogP contribution in [-0.2, 0) is 11.4 Å². The van der Waals surface area contributed by atoms with Crippen LogP contribution in [0.15, 0.2) is 59.0 Å². The molecule has 0 spiro atoms. The molecule has 2 amide bonds. The minimum Gasteiger partial charge on any atom is -0.489 e. The number of rotatable bonds is 8. The lowest BCUT2D eigenvalue weighted by molar-refractivity contribution is -0.123. The predicted molar refractivity (Wildman–Crippen MR) is 107 cm³/mol. The van der Waals surface area contributed by atoms with Gasteiger partial charge in [-0.2, -0.15) is 0 Å². The molecule has 0 fully saturated rings. The Morgan fingerprint density at radius 3 is 2.39 bits per heavy atom. The van der Waals surface area contributed by atoms with E-state index in [1.165, 1.54) is 0 Å². The van der Waals surface area contributed by atoms with E-state index in [4.69, 9.17) is 9.15 Å². The topological polar surface area (TPSA) is 80.6 Å². The van der Waals surface area contributed by atoms with E-state index in [0.717, 1.165) is 11.1 Å². The molecular formula is C22H24N2O4. The smallest absolute Gasteiger partial charge is 0.287 e. The number of fused-ring (bicyclic) bond motifs is 1. The van der Waals surface area contributed by atoms with Crippen LogP contribution >= 0.6 is 0 Å². The van der Waals surface area contributed by atoms with Crippen LogP contribution in [0.4, 0.5) is 0 Å². The Morgan fingerprint density at radius 2 is 1.64 bits per heavy atom. The lowest BCUT2D eigenvalue weighted by atomic mass is 10.1. The minimum absolute atomic E-state index is 0.0464. The van der Waals surface area contributed by atoms with E-state index >= 15 is 0 Å². The van der Waals surface area contributed by atoms with E-state index in [0.29, 0.717) is 24.2 Å². The summed E-state index contributed by atoms with van der Waals surface area (Å²) in [6, 6.07) is 16.9. The van der Waals surface area contributed by atoms with Crippen LogP contribution in [0.5, 0.6) is 5.75 Å². The second-order valence-electron chi connectivity index (χ2n) is 6.71. The molecule has 0 bridgehead atoms. The number of carbonyl (C=O) groups is 2. The van der Waals surface area contributed by atoms with Gasteiger partial charge in [-0.1, -0.05) is 50.2 Å². The van der Waals surface area contributed by atoms with Crippen molar-refractivity contribution in [3.05, 3.63) is 65.9 Å². The first-order valence-corrected chi connectivity index (χ1v) is 9.30. The van der Waals surface area contributed by atoms with Crippen LogP contribution in [-0.4, -0.2) is 24.9 Å². The average Bonchev–Trinajstić information content (AvgIpc) is 3.08. The molecule has 146 valence electrons. The maximum Gasteiger partial charge on any atom is 0.287 e. The van der Waals surface area contributed by atoms with Crippen LogP contribution in [0.3, 0.4) is 0 Å². The molecule has 28 heavy (non-hydrogen) atoms. The molecule has 3 rings (SSSR count). The number of nitrogens with one attached hydrogen (secondary N) is 2. The summed E-state index contributed by atoms with van der Waals surface area (Å²) in [6.07, 6.45) is 0. The summed E-state index contributed by atoms with van der Waals surface area (Å²) in [5.74, 6) is 0.479. The van der Waals surface area contributed by atoms with Crippen LogP contribution in [0.1, 0.15) is 30.0 Å². The number of amides is 2. The molecule has 3 aromatic rings. The van der Waals surface area contributed by atoms with Crippen molar-refractivity contribution in [2.24, 2.45) is 5.92 Å². The highest BCUT2D eigenvalue weighted by Gasteiger charge is 2.20. The Hall–Kier alpha value is -3.28. The molecule has 0 aliphatic heterocycles. The number of benzene rings is 2. The maximum atomic E-state index is 12.7. The fourth-order valence-electron chi connectivity index (χ4n) is 2.74. The van der Waals surface area contributed by atoms with Crippen molar-refractivity contribution in [1.29, 1.82) is 0 Å². The molecule has 1 heterocycles. The normalized spacial score (nSPS) is 10.8. The van der Waals surface area contributed by atoms with E-state index in [1.54, 1.807) is 0 Å². The van der Waals surface area contributed by atoms with Crippen LogP contribution in [0.2, 0.25) is 0 Å². The molecule has 6 heteroatoms. The van der Waals surface area contributed by atoms with Gasteiger partial charge in [0.1, 0.15) is 17.9 Å². The van der Waals surface area contributed by atoms with E-state index < -0.39 is 0 Å². The third-order valence-corrected chi connectivity index (χ3v) is 4.27. The first-order valence-electron chi connectivity index (χ1n) is 9.30. The zero-order valence-corrected chi connectivity index (χ0v) is 16.0. The molecule has 0 radical (unpaired) electrons. The standard InChI is InChI=1S/C22H24N2O4/c1-15(2)21(25)23-12-13-24-22(26)20-18(14-27-16-8-4-3-5-9-16)17-10-6-7-11-19(17)28-20/h3-11,15H,12-14H2,1-2H3,(H,23,25)(H,24,26). The van der Waals surface area contributed by atoms with Crippen molar-refractivity contribution in [1.82, 2.24) is 10.6 Å². The van der Waals surface area contributed by atoms with Gasteiger partial charge in [0.05, 0.1) is 0 Å². The number of furan rings is 1. The monoisotopic (exact) mass is 380 g/mol. The predicted octanol–water partition coefficient (Wildman–Crippen LogP) is 3.51. The third-order valence-electron chi connectivity index (χ3n) is 4.27. The quantitative estimate of drug-likeness (QED) is 0.586. The number of para-hydroxylation sites is 2. The zero-order chi connectivity index (χ0) is 19.9. The van der Waals surface area contributed by atoms with Crippen LogP contribution in [0, 0.1) is 5.92 Å². The van der Waals surface area contributed by atoms with Gasteiger partial charge in [-0.15, -0.1) is 0 Å². The molecule has 2 N–H and O–H groups in total. The first-order chi connectivity index (χ1) is 13.6. The molecule has 2 aromatic carbocycles. The Balaban J connectivity index is 1.70. The number of ether oxygens (including phenoxy) is 1. The molecule has 0 unspecified atom stereocenters. The van der Waals surface area contributed by atoms with Gasteiger partial charge in [0, 0.05) is 30.0 Å².